The molecule has 5 nitrogen and oxygen atoms in total. The van der Waals surface area contributed by atoms with Crippen LogP contribution in [0.1, 0.15) is 34.6 Å². The van der Waals surface area contributed by atoms with Crippen molar-refractivity contribution in [3.63, 3.8) is 0 Å². The van der Waals surface area contributed by atoms with Crippen LogP contribution >= 0.6 is 0 Å². The second-order valence-electron chi connectivity index (χ2n) is 6.45. The summed E-state index contributed by atoms with van der Waals surface area (Å²) in [5.74, 6) is -8.11. The third-order valence-electron chi connectivity index (χ3n) is 3.98. The Bertz CT molecular complexity index is 926. The fourth-order valence-electron chi connectivity index (χ4n) is 2.41. The summed E-state index contributed by atoms with van der Waals surface area (Å²) in [6.45, 7) is 2.29. The van der Waals surface area contributed by atoms with Gasteiger partial charge in [-0.05, 0) is 36.2 Å². The van der Waals surface area contributed by atoms with Crippen molar-refractivity contribution in [2.45, 2.75) is 19.9 Å². The molecule has 0 saturated carbocycles. The van der Waals surface area contributed by atoms with Gasteiger partial charge in [-0.1, -0.05) is 19.9 Å². The van der Waals surface area contributed by atoms with Crippen molar-refractivity contribution in [1.29, 1.82) is 0 Å². The molecule has 0 aliphatic carbocycles. The molecule has 0 radical (unpaired) electrons. The minimum absolute atomic E-state index is 0.213. The van der Waals surface area contributed by atoms with Gasteiger partial charge in [0.15, 0.2) is 24.0 Å². The van der Waals surface area contributed by atoms with Gasteiger partial charge in [0, 0.05) is 5.56 Å². The number of Topliss-reactive ketones (excluding diaryl/α,β-unsaturated/α-hetero) is 1. The van der Waals surface area contributed by atoms with E-state index in [1.807, 2.05) is 0 Å². The number of nitrogens with one attached hydrogen (secondary N) is 1. The van der Waals surface area contributed by atoms with E-state index < -0.39 is 65.1 Å². The molecule has 0 aromatic heterocycles. The average Bonchev–Trinajstić information content (AvgIpc) is 2.65. The molecule has 0 unspecified atom stereocenters. The first-order valence-electron chi connectivity index (χ1n) is 8.51. The Morgan fingerprint density at radius 3 is 2.10 bits per heavy atom. The molecule has 0 fully saturated rings. The topological polar surface area (TPSA) is 72.5 Å². The fraction of sp³-hybridized carbons (Fsp3) is 0.250. The van der Waals surface area contributed by atoms with E-state index in [9.17, 15) is 31.9 Å². The zero-order chi connectivity index (χ0) is 21.7. The van der Waals surface area contributed by atoms with Crippen LogP contribution in [0.2, 0.25) is 0 Å². The minimum Gasteiger partial charge on any atom is -0.456 e. The monoisotopic (exact) mass is 411 g/mol. The number of hydrogen-bond donors (Lipinski definition) is 1. The quantitative estimate of drug-likeness (QED) is 0.431. The van der Waals surface area contributed by atoms with E-state index in [0.29, 0.717) is 6.07 Å². The smallest absolute Gasteiger partial charge is 0.329 e. The summed E-state index contributed by atoms with van der Waals surface area (Å²) in [4.78, 5) is 36.4. The van der Waals surface area contributed by atoms with Crippen molar-refractivity contribution in [3.8, 4) is 0 Å². The Labute approximate surface area is 163 Å². The van der Waals surface area contributed by atoms with E-state index in [-0.39, 0.29) is 5.56 Å². The molecule has 2 aromatic carbocycles. The van der Waals surface area contributed by atoms with Crippen LogP contribution in [0.4, 0.5) is 17.6 Å². The van der Waals surface area contributed by atoms with Crippen LogP contribution in [0.15, 0.2) is 36.4 Å². The lowest BCUT2D eigenvalue weighted by Gasteiger charge is -2.21. The van der Waals surface area contributed by atoms with Crippen LogP contribution in [0, 0.1) is 29.2 Å². The maximum Gasteiger partial charge on any atom is 0.329 e. The Morgan fingerprint density at radius 1 is 0.931 bits per heavy atom. The summed E-state index contributed by atoms with van der Waals surface area (Å²) in [6.07, 6.45) is 0. The average molecular weight is 411 g/mol. The molecule has 2 rings (SSSR count). The molecule has 0 bridgehead atoms. The van der Waals surface area contributed by atoms with Crippen molar-refractivity contribution in [3.05, 3.63) is 70.8 Å². The molecule has 9 heteroatoms. The second-order valence-corrected chi connectivity index (χ2v) is 6.45. The molecule has 0 spiro atoms. The maximum atomic E-state index is 13.7. The standard InChI is InChI=1S/C20H17F4NO4/c1-10(2)18(25-19(27)17-13(22)4-3-5-14(17)23)20(28)29-9-16(26)11-6-7-12(21)15(24)8-11/h3-8,10,18H,9H2,1-2H3,(H,25,27)/t18-/m0/s1. The number of ketones is 1. The Balaban J connectivity index is 2.06. The lowest BCUT2D eigenvalue weighted by molar-refractivity contribution is -0.145. The first-order valence-corrected chi connectivity index (χ1v) is 8.51. The van der Waals surface area contributed by atoms with Gasteiger partial charge >= 0.3 is 5.97 Å². The highest BCUT2D eigenvalue weighted by Crippen LogP contribution is 2.14. The van der Waals surface area contributed by atoms with E-state index in [1.54, 1.807) is 13.8 Å². The van der Waals surface area contributed by atoms with Gasteiger partial charge in [0.25, 0.3) is 5.91 Å². The molecule has 1 N–H and O–H groups in total. The molecule has 29 heavy (non-hydrogen) atoms. The molecule has 2 aromatic rings. The van der Waals surface area contributed by atoms with E-state index >= 15 is 0 Å². The lowest BCUT2D eigenvalue weighted by atomic mass is 10.0. The molecule has 154 valence electrons. The van der Waals surface area contributed by atoms with E-state index in [2.05, 4.69) is 5.32 Å². The summed E-state index contributed by atoms with van der Waals surface area (Å²) in [7, 11) is 0. The minimum atomic E-state index is -1.31. The Hall–Kier alpha value is -3.23. The number of amides is 1. The summed E-state index contributed by atoms with van der Waals surface area (Å²) < 4.78 is 58.4. The zero-order valence-corrected chi connectivity index (χ0v) is 15.5. The largest absolute Gasteiger partial charge is 0.456 e. The number of hydrogen-bond acceptors (Lipinski definition) is 4. The van der Waals surface area contributed by atoms with Gasteiger partial charge < -0.3 is 10.1 Å². The molecule has 1 amide bonds. The first kappa shape index (κ1) is 22.1. The summed E-state index contributed by atoms with van der Waals surface area (Å²) in [5, 5.41) is 2.18. The van der Waals surface area contributed by atoms with Crippen LogP contribution in [0.3, 0.4) is 0 Å². The second kappa shape index (κ2) is 9.31. The summed E-state index contributed by atoms with van der Waals surface area (Å²) in [5.41, 5.74) is -1.07. The predicted molar refractivity (Wildman–Crippen MR) is 94.1 cm³/mol. The van der Waals surface area contributed by atoms with Crippen molar-refractivity contribution in [1.82, 2.24) is 5.32 Å². The highest BCUT2D eigenvalue weighted by atomic mass is 19.2. The van der Waals surface area contributed by atoms with Crippen LogP contribution in [0.25, 0.3) is 0 Å². The molecule has 0 heterocycles. The molecular weight excluding hydrogens is 394 g/mol. The van der Waals surface area contributed by atoms with Crippen LogP contribution in [-0.4, -0.2) is 30.3 Å². The van der Waals surface area contributed by atoms with E-state index in [4.69, 9.17) is 4.74 Å². The van der Waals surface area contributed by atoms with Crippen LogP contribution in [-0.2, 0) is 9.53 Å². The van der Waals surface area contributed by atoms with Gasteiger partial charge in [0.1, 0.15) is 23.2 Å². The number of benzene rings is 2. The van der Waals surface area contributed by atoms with Gasteiger partial charge in [-0.2, -0.15) is 0 Å². The third-order valence-corrected chi connectivity index (χ3v) is 3.98. The van der Waals surface area contributed by atoms with Gasteiger partial charge in [-0.25, -0.2) is 22.4 Å². The van der Waals surface area contributed by atoms with Crippen molar-refractivity contribution >= 4 is 17.7 Å². The SMILES string of the molecule is CC(C)[C@H](NC(=O)c1c(F)cccc1F)C(=O)OCC(=O)c1ccc(F)c(F)c1. The molecule has 0 aliphatic heterocycles. The van der Waals surface area contributed by atoms with Crippen molar-refractivity contribution in [2.75, 3.05) is 6.61 Å². The molecule has 0 aliphatic rings. The summed E-state index contributed by atoms with van der Waals surface area (Å²) in [6, 6.07) is 4.00. The third kappa shape index (κ3) is 5.40. The Morgan fingerprint density at radius 2 is 1.55 bits per heavy atom. The number of carbonyl (C=O) groups excluding carboxylic acids is 3. The highest BCUT2D eigenvalue weighted by Gasteiger charge is 2.29. The zero-order valence-electron chi connectivity index (χ0n) is 15.5. The van der Waals surface area contributed by atoms with Crippen molar-refractivity contribution < 1.29 is 36.7 Å². The van der Waals surface area contributed by atoms with Gasteiger partial charge in [-0.3, -0.25) is 9.59 Å². The van der Waals surface area contributed by atoms with E-state index in [0.717, 1.165) is 30.3 Å². The first-order chi connectivity index (χ1) is 13.6. The maximum absolute atomic E-state index is 13.7. The fourth-order valence-corrected chi connectivity index (χ4v) is 2.41. The van der Waals surface area contributed by atoms with Gasteiger partial charge in [-0.15, -0.1) is 0 Å². The molecular formula is C20H17F4NO4. The number of ether oxygens (including phenoxy) is 1. The summed E-state index contributed by atoms with van der Waals surface area (Å²) >= 11 is 0. The Kier molecular flexibility index (Phi) is 7.08. The van der Waals surface area contributed by atoms with Crippen molar-refractivity contribution in [2.24, 2.45) is 5.92 Å². The highest BCUT2D eigenvalue weighted by molar-refractivity contribution is 5.99. The van der Waals surface area contributed by atoms with Crippen LogP contribution < -0.4 is 5.32 Å². The number of esters is 1. The molecule has 1 atom stereocenters. The normalized spacial score (nSPS) is 11.8. The predicted octanol–water partition coefficient (Wildman–Crippen LogP) is 3.42. The number of carbonyl (C=O) groups is 3. The van der Waals surface area contributed by atoms with E-state index in [1.165, 1.54) is 0 Å². The molecule has 0 saturated heterocycles. The number of rotatable bonds is 7. The van der Waals surface area contributed by atoms with Crippen LogP contribution in [0.5, 0.6) is 0 Å². The number of halogens is 4. The lowest BCUT2D eigenvalue weighted by Crippen LogP contribution is -2.46. The van der Waals surface area contributed by atoms with Gasteiger partial charge in [0.05, 0.1) is 0 Å². The van der Waals surface area contributed by atoms with Gasteiger partial charge in [0.2, 0.25) is 0 Å².